The van der Waals surface area contributed by atoms with Gasteiger partial charge in [-0.1, -0.05) is 0 Å². The van der Waals surface area contributed by atoms with Crippen molar-refractivity contribution < 1.29 is 14.2 Å². The second kappa shape index (κ2) is 13.2. The third kappa shape index (κ3) is 8.26. The number of ether oxygens (including phenoxy) is 3. The van der Waals surface area contributed by atoms with E-state index in [0.29, 0.717) is 38.1 Å². The van der Waals surface area contributed by atoms with Gasteiger partial charge >= 0.3 is 0 Å². The fourth-order valence-electron chi connectivity index (χ4n) is 1.83. The Morgan fingerprint density at radius 2 is 1.91 bits per heavy atom. The van der Waals surface area contributed by atoms with Crippen LogP contribution in [-0.2, 0) is 4.74 Å². The highest BCUT2D eigenvalue weighted by atomic mass is 127. The van der Waals surface area contributed by atoms with Crippen molar-refractivity contribution >= 4 is 35.6 Å². The molecule has 0 atom stereocenters. The van der Waals surface area contributed by atoms with Crippen molar-refractivity contribution in [1.82, 2.24) is 5.32 Å². The van der Waals surface area contributed by atoms with Crippen LogP contribution < -0.4 is 20.1 Å². The van der Waals surface area contributed by atoms with Gasteiger partial charge in [0.2, 0.25) is 0 Å². The molecule has 0 heterocycles. The van der Waals surface area contributed by atoms with Gasteiger partial charge < -0.3 is 24.8 Å². The number of anilines is 1. The molecule has 0 saturated heterocycles. The largest absolute Gasteiger partial charge is 0.493 e. The summed E-state index contributed by atoms with van der Waals surface area (Å²) >= 11 is 0. The number of aliphatic imine (C=N–C) groups is 1. The second-order valence-electron chi connectivity index (χ2n) is 4.38. The van der Waals surface area contributed by atoms with Gasteiger partial charge in [-0.3, -0.25) is 4.99 Å². The van der Waals surface area contributed by atoms with Crippen molar-refractivity contribution in [3.05, 3.63) is 18.2 Å². The average molecular weight is 437 g/mol. The van der Waals surface area contributed by atoms with E-state index in [1.807, 2.05) is 39.0 Å². The van der Waals surface area contributed by atoms with Crippen molar-refractivity contribution in [3.63, 3.8) is 0 Å². The van der Waals surface area contributed by atoms with Gasteiger partial charge in [0, 0.05) is 24.9 Å². The molecule has 0 saturated carbocycles. The summed E-state index contributed by atoms with van der Waals surface area (Å²) < 4.78 is 16.2. The number of hydrogen-bond donors (Lipinski definition) is 2. The lowest BCUT2D eigenvalue weighted by molar-refractivity contribution is 0.156. The Labute approximate surface area is 156 Å². The van der Waals surface area contributed by atoms with E-state index in [-0.39, 0.29) is 24.0 Å². The Morgan fingerprint density at radius 1 is 1.13 bits per heavy atom. The van der Waals surface area contributed by atoms with Crippen LogP contribution in [0.2, 0.25) is 0 Å². The summed E-state index contributed by atoms with van der Waals surface area (Å²) in [5.74, 6) is 2.14. The fraction of sp³-hybridized carbons (Fsp3) is 0.562. The second-order valence-corrected chi connectivity index (χ2v) is 4.38. The molecular weight excluding hydrogens is 409 g/mol. The van der Waals surface area contributed by atoms with E-state index in [9.17, 15) is 0 Å². The first-order chi connectivity index (χ1) is 10.7. The SMILES string of the molecule is CCNC(=NCCOCC)Nc1ccc(OCC)c(OC)c1.I. The van der Waals surface area contributed by atoms with E-state index in [2.05, 4.69) is 15.6 Å². The topological polar surface area (TPSA) is 64.1 Å². The molecule has 0 aliphatic heterocycles. The molecule has 7 heteroatoms. The number of rotatable bonds is 9. The Morgan fingerprint density at radius 3 is 2.52 bits per heavy atom. The van der Waals surface area contributed by atoms with Crippen LogP contribution >= 0.6 is 24.0 Å². The molecule has 0 unspecified atom stereocenters. The molecule has 1 aromatic carbocycles. The van der Waals surface area contributed by atoms with Crippen LogP contribution in [0.5, 0.6) is 11.5 Å². The van der Waals surface area contributed by atoms with Crippen LogP contribution in [0.3, 0.4) is 0 Å². The molecule has 132 valence electrons. The maximum absolute atomic E-state index is 5.51. The first kappa shape index (κ1) is 21.8. The molecule has 0 aliphatic rings. The number of guanidine groups is 1. The minimum Gasteiger partial charge on any atom is -0.493 e. The molecule has 0 bridgehead atoms. The van der Waals surface area contributed by atoms with E-state index >= 15 is 0 Å². The highest BCUT2D eigenvalue weighted by Crippen LogP contribution is 2.30. The predicted octanol–water partition coefficient (Wildman–Crippen LogP) is 3.13. The first-order valence-corrected chi connectivity index (χ1v) is 7.69. The van der Waals surface area contributed by atoms with Gasteiger partial charge in [0.15, 0.2) is 17.5 Å². The van der Waals surface area contributed by atoms with Crippen LogP contribution in [0.1, 0.15) is 20.8 Å². The van der Waals surface area contributed by atoms with Gasteiger partial charge in [-0.2, -0.15) is 0 Å². The molecular formula is C16H28IN3O3. The van der Waals surface area contributed by atoms with E-state index in [1.54, 1.807) is 7.11 Å². The van der Waals surface area contributed by atoms with Crippen LogP contribution in [-0.4, -0.2) is 46.0 Å². The maximum atomic E-state index is 5.51. The minimum absolute atomic E-state index is 0. The molecule has 0 aliphatic carbocycles. The van der Waals surface area contributed by atoms with Crippen LogP contribution in [0.15, 0.2) is 23.2 Å². The first-order valence-electron chi connectivity index (χ1n) is 7.69. The van der Waals surface area contributed by atoms with E-state index in [4.69, 9.17) is 14.2 Å². The molecule has 6 nitrogen and oxygen atoms in total. The average Bonchev–Trinajstić information content (AvgIpc) is 2.53. The van der Waals surface area contributed by atoms with Crippen molar-refractivity contribution in [2.75, 3.05) is 45.3 Å². The highest BCUT2D eigenvalue weighted by molar-refractivity contribution is 14.0. The van der Waals surface area contributed by atoms with Crippen molar-refractivity contribution in [2.45, 2.75) is 20.8 Å². The number of nitrogens with zero attached hydrogens (tertiary/aromatic N) is 1. The van der Waals surface area contributed by atoms with Gasteiger partial charge in [-0.05, 0) is 32.9 Å². The molecule has 23 heavy (non-hydrogen) atoms. The monoisotopic (exact) mass is 437 g/mol. The smallest absolute Gasteiger partial charge is 0.195 e. The van der Waals surface area contributed by atoms with Crippen LogP contribution in [0, 0.1) is 0 Å². The summed E-state index contributed by atoms with van der Waals surface area (Å²) in [6.45, 7) is 9.25. The zero-order valence-corrected chi connectivity index (χ0v) is 16.7. The maximum Gasteiger partial charge on any atom is 0.195 e. The summed E-state index contributed by atoms with van der Waals surface area (Å²) in [6.07, 6.45) is 0. The number of methoxy groups -OCH3 is 1. The molecule has 0 amide bonds. The van der Waals surface area contributed by atoms with Crippen LogP contribution in [0.4, 0.5) is 5.69 Å². The lowest BCUT2D eigenvalue weighted by atomic mass is 10.2. The van der Waals surface area contributed by atoms with Gasteiger partial charge in [0.1, 0.15) is 0 Å². The molecule has 0 aromatic heterocycles. The minimum atomic E-state index is 0. The Hall–Kier alpha value is -1.22. The summed E-state index contributed by atoms with van der Waals surface area (Å²) in [7, 11) is 1.63. The van der Waals surface area contributed by atoms with Gasteiger partial charge in [-0.25, -0.2) is 0 Å². The molecule has 0 fully saturated rings. The standard InChI is InChI=1S/C16H27N3O3.HI/c1-5-17-16(18-10-11-21-6-2)19-13-8-9-14(22-7-3)15(12-13)20-4;/h8-9,12H,5-7,10-11H2,1-4H3,(H2,17,18,19);1H. The number of nitrogens with one attached hydrogen (secondary N) is 2. The number of benzene rings is 1. The number of halogens is 1. The van der Waals surface area contributed by atoms with Crippen molar-refractivity contribution in [2.24, 2.45) is 4.99 Å². The Kier molecular flexibility index (Phi) is 12.5. The van der Waals surface area contributed by atoms with E-state index in [1.165, 1.54) is 0 Å². The normalized spacial score (nSPS) is 10.7. The molecule has 2 N–H and O–H groups in total. The Balaban J connectivity index is 0.00000484. The summed E-state index contributed by atoms with van der Waals surface area (Å²) in [4.78, 5) is 4.46. The summed E-state index contributed by atoms with van der Waals surface area (Å²) in [6, 6.07) is 5.71. The lowest BCUT2D eigenvalue weighted by Crippen LogP contribution is -2.31. The molecule has 0 radical (unpaired) electrons. The fourth-order valence-corrected chi connectivity index (χ4v) is 1.83. The van der Waals surface area contributed by atoms with Gasteiger partial charge in [-0.15, -0.1) is 24.0 Å². The number of hydrogen-bond acceptors (Lipinski definition) is 4. The quantitative estimate of drug-likeness (QED) is 0.269. The van der Waals surface area contributed by atoms with Crippen molar-refractivity contribution in [3.8, 4) is 11.5 Å². The van der Waals surface area contributed by atoms with Crippen molar-refractivity contribution in [1.29, 1.82) is 0 Å². The zero-order chi connectivity index (χ0) is 16.2. The Bertz CT molecular complexity index is 470. The molecule has 1 aromatic rings. The molecule has 1 rings (SSSR count). The van der Waals surface area contributed by atoms with E-state index in [0.717, 1.165) is 18.0 Å². The van der Waals surface area contributed by atoms with E-state index < -0.39 is 0 Å². The zero-order valence-electron chi connectivity index (χ0n) is 14.3. The summed E-state index contributed by atoms with van der Waals surface area (Å²) in [5.41, 5.74) is 0.886. The molecule has 0 spiro atoms. The third-order valence-electron chi connectivity index (χ3n) is 2.78. The highest BCUT2D eigenvalue weighted by Gasteiger charge is 2.06. The lowest BCUT2D eigenvalue weighted by Gasteiger charge is -2.14. The third-order valence-corrected chi connectivity index (χ3v) is 2.78. The van der Waals surface area contributed by atoms with Gasteiger partial charge in [0.05, 0.1) is 26.9 Å². The van der Waals surface area contributed by atoms with Crippen LogP contribution in [0.25, 0.3) is 0 Å². The van der Waals surface area contributed by atoms with Gasteiger partial charge in [0.25, 0.3) is 0 Å². The predicted molar refractivity (Wildman–Crippen MR) is 106 cm³/mol. The summed E-state index contributed by atoms with van der Waals surface area (Å²) in [5, 5.41) is 6.45.